The molecule has 1 aromatic rings. The van der Waals surface area contributed by atoms with E-state index in [1.165, 1.54) is 18.3 Å². The van der Waals surface area contributed by atoms with Crippen LogP contribution in [0.4, 0.5) is 26.7 Å². The number of nitrogens with zero attached hydrogens (tertiary/aromatic N) is 1. The lowest BCUT2D eigenvalue weighted by atomic mass is 10.2. The van der Waals surface area contributed by atoms with E-state index in [1.54, 1.807) is 0 Å². The number of hydrogen-bond acceptors (Lipinski definition) is 4. The number of alkyl halides is 5. The van der Waals surface area contributed by atoms with Crippen LogP contribution in [0, 0.1) is 0 Å². The Labute approximate surface area is 128 Å². The largest absolute Gasteiger partial charge is 0.417 e. The van der Waals surface area contributed by atoms with E-state index in [9.17, 15) is 26.7 Å². The van der Waals surface area contributed by atoms with Gasteiger partial charge >= 0.3 is 18.8 Å². The van der Waals surface area contributed by atoms with Gasteiger partial charge in [0.25, 0.3) is 0 Å². The van der Waals surface area contributed by atoms with Crippen molar-refractivity contribution in [1.29, 1.82) is 0 Å². The van der Waals surface area contributed by atoms with Crippen LogP contribution in [0.15, 0.2) is 18.3 Å². The minimum atomic E-state index is -4.60. The number of methoxy groups -OCH3 is 1. The minimum absolute atomic E-state index is 0.113. The molecule has 1 aromatic heterocycles. The summed E-state index contributed by atoms with van der Waals surface area (Å²) in [6.07, 6.45) is -5.54. The van der Waals surface area contributed by atoms with Crippen molar-refractivity contribution in [3.63, 3.8) is 0 Å². The molecule has 0 radical (unpaired) electrons. The van der Waals surface area contributed by atoms with Crippen molar-refractivity contribution in [2.75, 3.05) is 13.7 Å². The Kier molecular flexibility index (Phi) is 6.94. The molecule has 0 aromatic carbocycles. The molecule has 2 amide bonds. The van der Waals surface area contributed by atoms with E-state index in [2.05, 4.69) is 19.8 Å². The molecule has 0 saturated carbocycles. The van der Waals surface area contributed by atoms with E-state index in [1.807, 2.05) is 5.32 Å². The standard InChI is InChI=1S/C12H14F5N3O3/c1-22-8(12(15,16)17)6-20-11(21)19-5-7-2-3-18-9(4-7)23-10(13)14/h2-4,8,10H,5-6H2,1H3,(H2,19,20,21). The number of amides is 2. The Balaban J connectivity index is 2.44. The Morgan fingerprint density at radius 1 is 1.35 bits per heavy atom. The highest BCUT2D eigenvalue weighted by atomic mass is 19.4. The average molecular weight is 343 g/mol. The summed E-state index contributed by atoms with van der Waals surface area (Å²) in [5.41, 5.74) is 0.380. The molecule has 0 saturated heterocycles. The third-order valence-electron chi connectivity index (χ3n) is 2.56. The molecule has 0 aliphatic carbocycles. The second kappa shape index (κ2) is 8.46. The summed E-state index contributed by atoms with van der Waals surface area (Å²) >= 11 is 0. The number of aromatic nitrogens is 1. The van der Waals surface area contributed by atoms with Gasteiger partial charge in [0, 0.05) is 25.9 Å². The first-order valence-electron chi connectivity index (χ1n) is 6.23. The van der Waals surface area contributed by atoms with Gasteiger partial charge in [0.2, 0.25) is 5.88 Å². The van der Waals surface area contributed by atoms with Crippen LogP contribution in [-0.4, -0.2) is 43.6 Å². The molecule has 0 bridgehead atoms. The third kappa shape index (κ3) is 7.08. The molecule has 0 aliphatic heterocycles. The molecule has 2 N–H and O–H groups in total. The quantitative estimate of drug-likeness (QED) is 0.744. The number of carbonyl (C=O) groups excluding carboxylic acids is 1. The molecule has 1 heterocycles. The van der Waals surface area contributed by atoms with Gasteiger partial charge in [0.15, 0.2) is 6.10 Å². The normalized spacial score (nSPS) is 12.8. The van der Waals surface area contributed by atoms with E-state index < -0.39 is 31.5 Å². The zero-order chi connectivity index (χ0) is 17.5. The van der Waals surface area contributed by atoms with E-state index in [0.717, 1.165) is 7.11 Å². The zero-order valence-electron chi connectivity index (χ0n) is 11.9. The number of pyridine rings is 1. The van der Waals surface area contributed by atoms with Crippen molar-refractivity contribution in [1.82, 2.24) is 15.6 Å². The molecular weight excluding hydrogens is 329 g/mol. The number of urea groups is 1. The monoisotopic (exact) mass is 343 g/mol. The minimum Gasteiger partial charge on any atom is -0.417 e. The van der Waals surface area contributed by atoms with Gasteiger partial charge in [0.1, 0.15) is 0 Å². The van der Waals surface area contributed by atoms with E-state index in [0.29, 0.717) is 5.56 Å². The molecule has 1 atom stereocenters. The summed E-state index contributed by atoms with van der Waals surface area (Å²) in [7, 11) is 0.874. The van der Waals surface area contributed by atoms with Crippen molar-refractivity contribution >= 4 is 6.03 Å². The molecular formula is C12H14F5N3O3. The highest BCUT2D eigenvalue weighted by Gasteiger charge is 2.39. The first kappa shape index (κ1) is 18.9. The molecule has 0 aliphatic rings. The van der Waals surface area contributed by atoms with Gasteiger partial charge < -0.3 is 20.1 Å². The molecule has 0 fully saturated rings. The van der Waals surface area contributed by atoms with E-state index in [4.69, 9.17) is 0 Å². The van der Waals surface area contributed by atoms with Gasteiger partial charge in [-0.15, -0.1) is 0 Å². The predicted molar refractivity (Wildman–Crippen MR) is 68.0 cm³/mol. The van der Waals surface area contributed by atoms with Crippen molar-refractivity contribution in [3.05, 3.63) is 23.9 Å². The highest BCUT2D eigenvalue weighted by Crippen LogP contribution is 2.21. The third-order valence-corrected chi connectivity index (χ3v) is 2.56. The number of halogens is 5. The fourth-order valence-corrected chi connectivity index (χ4v) is 1.48. The van der Waals surface area contributed by atoms with Gasteiger partial charge in [-0.05, 0) is 11.6 Å². The van der Waals surface area contributed by atoms with Crippen molar-refractivity contribution in [2.24, 2.45) is 0 Å². The van der Waals surface area contributed by atoms with Gasteiger partial charge in [-0.3, -0.25) is 0 Å². The maximum absolute atomic E-state index is 12.4. The smallest absolute Gasteiger partial charge is 0.416 e. The van der Waals surface area contributed by atoms with Gasteiger partial charge in [-0.25, -0.2) is 9.78 Å². The maximum Gasteiger partial charge on any atom is 0.416 e. The SMILES string of the molecule is COC(CNC(=O)NCc1ccnc(OC(F)F)c1)C(F)(F)F. The topological polar surface area (TPSA) is 72.5 Å². The Morgan fingerprint density at radius 2 is 2.04 bits per heavy atom. The average Bonchev–Trinajstić information content (AvgIpc) is 2.44. The number of carbonyl (C=O) groups is 1. The maximum atomic E-state index is 12.4. The Morgan fingerprint density at radius 3 is 2.61 bits per heavy atom. The Bertz CT molecular complexity index is 513. The summed E-state index contributed by atoms with van der Waals surface area (Å²) in [5, 5.41) is 4.26. The van der Waals surface area contributed by atoms with Crippen LogP contribution in [0.1, 0.15) is 5.56 Å². The molecule has 6 nitrogen and oxygen atoms in total. The van der Waals surface area contributed by atoms with Gasteiger partial charge in [-0.1, -0.05) is 0 Å². The fourth-order valence-electron chi connectivity index (χ4n) is 1.48. The van der Waals surface area contributed by atoms with Gasteiger partial charge in [-0.2, -0.15) is 22.0 Å². The highest BCUT2D eigenvalue weighted by molar-refractivity contribution is 5.73. The van der Waals surface area contributed by atoms with Crippen LogP contribution in [0.3, 0.4) is 0 Å². The molecule has 1 unspecified atom stereocenters. The summed E-state index contributed by atoms with van der Waals surface area (Å²) in [4.78, 5) is 14.9. The zero-order valence-corrected chi connectivity index (χ0v) is 11.9. The van der Waals surface area contributed by atoms with Crippen molar-refractivity contribution < 1.29 is 36.2 Å². The lowest BCUT2D eigenvalue weighted by molar-refractivity contribution is -0.210. The second-order valence-corrected chi connectivity index (χ2v) is 4.21. The number of nitrogens with one attached hydrogen (secondary N) is 2. The Hall–Kier alpha value is -2.17. The predicted octanol–water partition coefficient (Wildman–Crippen LogP) is 2.06. The van der Waals surface area contributed by atoms with Crippen LogP contribution in [0.2, 0.25) is 0 Å². The van der Waals surface area contributed by atoms with Crippen molar-refractivity contribution in [3.8, 4) is 5.88 Å². The van der Waals surface area contributed by atoms with Gasteiger partial charge in [0.05, 0.1) is 6.54 Å². The first-order valence-corrected chi connectivity index (χ1v) is 6.23. The summed E-state index contributed by atoms with van der Waals surface area (Å²) in [6, 6.07) is 1.72. The van der Waals surface area contributed by atoms with Crippen LogP contribution in [0.5, 0.6) is 5.88 Å². The second-order valence-electron chi connectivity index (χ2n) is 4.21. The van der Waals surface area contributed by atoms with E-state index in [-0.39, 0.29) is 12.4 Å². The van der Waals surface area contributed by atoms with Crippen LogP contribution in [0.25, 0.3) is 0 Å². The number of hydrogen-bond donors (Lipinski definition) is 2. The molecule has 0 spiro atoms. The molecule has 23 heavy (non-hydrogen) atoms. The molecule has 1 rings (SSSR count). The lowest BCUT2D eigenvalue weighted by Gasteiger charge is -2.19. The first-order chi connectivity index (χ1) is 10.7. The molecule has 130 valence electrons. The number of ether oxygens (including phenoxy) is 2. The van der Waals surface area contributed by atoms with Crippen LogP contribution in [-0.2, 0) is 11.3 Å². The summed E-state index contributed by atoms with van der Waals surface area (Å²) in [6.45, 7) is -3.91. The lowest BCUT2D eigenvalue weighted by Crippen LogP contribution is -2.45. The summed E-state index contributed by atoms with van der Waals surface area (Å²) < 4.78 is 69.5. The molecule has 11 heteroatoms. The van der Waals surface area contributed by atoms with Crippen molar-refractivity contribution in [2.45, 2.75) is 25.4 Å². The summed E-state index contributed by atoms with van der Waals surface area (Å²) in [5.74, 6) is -0.337. The van der Waals surface area contributed by atoms with E-state index >= 15 is 0 Å². The van der Waals surface area contributed by atoms with Crippen LogP contribution >= 0.6 is 0 Å². The van der Waals surface area contributed by atoms with Crippen LogP contribution < -0.4 is 15.4 Å². The fraction of sp³-hybridized carbons (Fsp3) is 0.500. The number of rotatable bonds is 7.